The van der Waals surface area contributed by atoms with Crippen LogP contribution in [-0.4, -0.2) is 34.4 Å². The Bertz CT molecular complexity index is 1070. The Balaban J connectivity index is 1.76. The molecule has 11 heteroatoms. The maximum absolute atomic E-state index is 12.4. The molecule has 0 aliphatic rings. The molecule has 0 bridgehead atoms. The van der Waals surface area contributed by atoms with Crippen molar-refractivity contribution in [3.63, 3.8) is 0 Å². The van der Waals surface area contributed by atoms with E-state index in [0.29, 0.717) is 22.9 Å². The highest BCUT2D eigenvalue weighted by Crippen LogP contribution is 2.27. The molecule has 0 unspecified atom stereocenters. The molecule has 0 aliphatic heterocycles. The predicted octanol–water partition coefficient (Wildman–Crippen LogP) is 3.13. The van der Waals surface area contributed by atoms with Gasteiger partial charge in [0.1, 0.15) is 4.88 Å². The number of benzene rings is 1. The van der Waals surface area contributed by atoms with Gasteiger partial charge in [0.15, 0.2) is 5.13 Å². The number of carbonyl (C=O) groups is 1. The van der Waals surface area contributed by atoms with Gasteiger partial charge in [-0.1, -0.05) is 24.7 Å². The van der Waals surface area contributed by atoms with Gasteiger partial charge in [0, 0.05) is 18.1 Å². The summed E-state index contributed by atoms with van der Waals surface area (Å²) < 4.78 is 27.1. The molecule has 0 saturated carbocycles. The number of hydrogen-bond acceptors (Lipinski definition) is 8. The first-order chi connectivity index (χ1) is 13.4. The molecule has 3 N–H and O–H groups in total. The lowest BCUT2D eigenvalue weighted by atomic mass is 10.2. The van der Waals surface area contributed by atoms with Crippen molar-refractivity contribution in [2.45, 2.75) is 24.7 Å². The van der Waals surface area contributed by atoms with Crippen molar-refractivity contribution in [1.82, 2.24) is 15.0 Å². The molecule has 3 aromatic rings. The predicted molar refractivity (Wildman–Crippen MR) is 106 cm³/mol. The van der Waals surface area contributed by atoms with E-state index in [1.165, 1.54) is 24.5 Å². The molecule has 2 heterocycles. The Morgan fingerprint density at radius 3 is 2.46 bits per heavy atom. The normalized spacial score (nSPS) is 11.2. The molecule has 0 saturated heterocycles. The van der Waals surface area contributed by atoms with Crippen LogP contribution in [0.15, 0.2) is 47.6 Å². The number of sulfonamides is 1. The lowest BCUT2D eigenvalue weighted by Crippen LogP contribution is -2.14. The minimum absolute atomic E-state index is 0.0165. The van der Waals surface area contributed by atoms with E-state index in [1.807, 2.05) is 6.92 Å². The molecule has 146 valence electrons. The van der Waals surface area contributed by atoms with Crippen LogP contribution < -0.4 is 10.0 Å². The number of anilines is 3. The second-order valence-corrected chi connectivity index (χ2v) is 8.36. The second-order valence-electron chi connectivity index (χ2n) is 5.68. The van der Waals surface area contributed by atoms with Gasteiger partial charge in [-0.3, -0.25) is 0 Å². The van der Waals surface area contributed by atoms with Crippen LogP contribution >= 0.6 is 11.3 Å². The average Bonchev–Trinajstić information content (AvgIpc) is 3.06. The maximum Gasteiger partial charge on any atom is 0.347 e. The average molecular weight is 419 g/mol. The first-order valence-electron chi connectivity index (χ1n) is 8.29. The number of thiazole rings is 1. The van der Waals surface area contributed by atoms with Gasteiger partial charge in [-0.2, -0.15) is 0 Å². The number of aromatic carboxylic acids is 1. The van der Waals surface area contributed by atoms with Crippen molar-refractivity contribution in [2.75, 3.05) is 10.0 Å². The zero-order valence-electron chi connectivity index (χ0n) is 14.8. The molecule has 1 aromatic carbocycles. The summed E-state index contributed by atoms with van der Waals surface area (Å²) in [5.41, 5.74) is 1.12. The first kappa shape index (κ1) is 19.7. The molecule has 0 radical (unpaired) electrons. The quantitative estimate of drug-likeness (QED) is 0.507. The van der Waals surface area contributed by atoms with E-state index in [4.69, 9.17) is 0 Å². The second kappa shape index (κ2) is 8.31. The molecular weight excluding hydrogens is 402 g/mol. The number of rotatable bonds is 8. The minimum atomic E-state index is -3.82. The maximum atomic E-state index is 12.4. The topological polar surface area (TPSA) is 134 Å². The van der Waals surface area contributed by atoms with Crippen molar-refractivity contribution in [1.29, 1.82) is 0 Å². The molecular formula is C17H17N5O4S2. The minimum Gasteiger partial charge on any atom is -0.477 e. The summed E-state index contributed by atoms with van der Waals surface area (Å²) in [6.07, 6.45) is 4.23. The molecule has 9 nitrogen and oxygen atoms in total. The highest BCUT2D eigenvalue weighted by molar-refractivity contribution is 7.92. The number of carboxylic acid groups (broad SMARTS) is 1. The molecule has 3 rings (SSSR count). The van der Waals surface area contributed by atoms with Gasteiger partial charge in [-0.05, 0) is 36.8 Å². The Morgan fingerprint density at radius 2 is 1.86 bits per heavy atom. The van der Waals surface area contributed by atoms with Crippen LogP contribution in [-0.2, 0) is 16.4 Å². The molecule has 0 spiro atoms. The number of hydrogen-bond donors (Lipinski definition) is 3. The molecule has 0 fully saturated rings. The van der Waals surface area contributed by atoms with E-state index in [1.54, 1.807) is 18.2 Å². The van der Waals surface area contributed by atoms with Gasteiger partial charge < -0.3 is 10.4 Å². The molecule has 2 aromatic heterocycles. The Kier molecular flexibility index (Phi) is 5.85. The highest BCUT2D eigenvalue weighted by atomic mass is 32.2. The molecule has 28 heavy (non-hydrogen) atoms. The lowest BCUT2D eigenvalue weighted by molar-refractivity contribution is 0.0700. The largest absolute Gasteiger partial charge is 0.477 e. The standard InChI is InChI=1S/C17H17N5O4S2/c1-2-4-13-14(15(23)24)27-17(21-13)20-11-5-7-12(8-6-11)28(25,26)22-16-18-9-3-10-19-16/h3,5-10H,2,4H2,1H3,(H,20,21)(H,23,24)(H,18,19,22). The van der Waals surface area contributed by atoms with E-state index >= 15 is 0 Å². The number of nitrogens with zero attached hydrogens (tertiary/aromatic N) is 3. The van der Waals surface area contributed by atoms with E-state index < -0.39 is 16.0 Å². The van der Waals surface area contributed by atoms with E-state index in [2.05, 4.69) is 25.0 Å². The lowest BCUT2D eigenvalue weighted by Gasteiger charge is -2.07. The van der Waals surface area contributed by atoms with E-state index in [9.17, 15) is 18.3 Å². The van der Waals surface area contributed by atoms with Gasteiger partial charge in [-0.15, -0.1) is 0 Å². The third-order valence-electron chi connectivity index (χ3n) is 3.59. The summed E-state index contributed by atoms with van der Waals surface area (Å²) in [6.45, 7) is 1.95. The van der Waals surface area contributed by atoms with Gasteiger partial charge in [0.25, 0.3) is 10.0 Å². The van der Waals surface area contributed by atoms with Gasteiger partial charge in [0.2, 0.25) is 5.95 Å². The van der Waals surface area contributed by atoms with Crippen LogP contribution in [0.5, 0.6) is 0 Å². The summed E-state index contributed by atoms with van der Waals surface area (Å²) in [4.78, 5) is 23.6. The van der Waals surface area contributed by atoms with Gasteiger partial charge >= 0.3 is 5.97 Å². The van der Waals surface area contributed by atoms with Crippen LogP contribution in [0.2, 0.25) is 0 Å². The zero-order chi connectivity index (χ0) is 20.1. The van der Waals surface area contributed by atoms with Crippen LogP contribution in [0, 0.1) is 0 Å². The zero-order valence-corrected chi connectivity index (χ0v) is 16.4. The summed E-state index contributed by atoms with van der Waals surface area (Å²) in [5, 5.41) is 12.7. The van der Waals surface area contributed by atoms with Crippen molar-refractivity contribution in [2.24, 2.45) is 0 Å². The van der Waals surface area contributed by atoms with Crippen LogP contribution in [0.4, 0.5) is 16.8 Å². The number of aryl methyl sites for hydroxylation is 1. The van der Waals surface area contributed by atoms with E-state index in [-0.39, 0.29) is 15.7 Å². The summed E-state index contributed by atoms with van der Waals surface area (Å²) >= 11 is 1.05. The van der Waals surface area contributed by atoms with Crippen LogP contribution in [0.3, 0.4) is 0 Å². The highest BCUT2D eigenvalue weighted by Gasteiger charge is 2.18. The van der Waals surface area contributed by atoms with Crippen LogP contribution in [0.25, 0.3) is 0 Å². The van der Waals surface area contributed by atoms with Crippen molar-refractivity contribution in [3.8, 4) is 0 Å². The Hall–Kier alpha value is -3.05. The fourth-order valence-corrected chi connectivity index (χ4v) is 4.18. The van der Waals surface area contributed by atoms with E-state index in [0.717, 1.165) is 17.8 Å². The molecule has 0 aliphatic carbocycles. The molecule has 0 amide bonds. The summed E-state index contributed by atoms with van der Waals surface area (Å²) in [5.74, 6) is -1.03. The van der Waals surface area contributed by atoms with Gasteiger partial charge in [0.05, 0.1) is 10.6 Å². The van der Waals surface area contributed by atoms with Gasteiger partial charge in [-0.25, -0.2) is 32.9 Å². The fraction of sp³-hybridized carbons (Fsp3) is 0.176. The van der Waals surface area contributed by atoms with Crippen molar-refractivity contribution >= 4 is 44.1 Å². The monoisotopic (exact) mass is 419 g/mol. The molecule has 0 atom stereocenters. The summed E-state index contributed by atoms with van der Waals surface area (Å²) in [7, 11) is -3.82. The first-order valence-corrected chi connectivity index (χ1v) is 10.6. The SMILES string of the molecule is CCCc1nc(Nc2ccc(S(=O)(=O)Nc3ncccn3)cc2)sc1C(=O)O. The Labute approximate surface area is 165 Å². The van der Waals surface area contributed by atoms with Crippen LogP contribution in [0.1, 0.15) is 28.7 Å². The number of carboxylic acids is 1. The fourth-order valence-electron chi connectivity index (χ4n) is 2.35. The number of nitrogens with one attached hydrogen (secondary N) is 2. The Morgan fingerprint density at radius 1 is 1.18 bits per heavy atom. The third-order valence-corrected chi connectivity index (χ3v) is 5.93. The van der Waals surface area contributed by atoms with Crippen molar-refractivity contribution < 1.29 is 18.3 Å². The van der Waals surface area contributed by atoms with Crippen molar-refractivity contribution in [3.05, 3.63) is 53.3 Å². The third kappa shape index (κ3) is 4.61. The smallest absolute Gasteiger partial charge is 0.347 e. The summed E-state index contributed by atoms with van der Waals surface area (Å²) in [6, 6.07) is 7.57. The number of aromatic nitrogens is 3.